The average molecular weight is 398 g/mol. The maximum absolute atomic E-state index is 12.8. The molecule has 1 aliphatic heterocycles. The SMILES string of the molecule is C[C@@H]1CCc2c(sc3nc([C@H](C)NCc4ccc5c(c4)OCO5)[nH]c(=O)c23)C1. The molecule has 0 spiro atoms. The third-order valence-corrected chi connectivity index (χ3v) is 6.79. The number of benzene rings is 1. The van der Waals surface area contributed by atoms with E-state index in [2.05, 4.69) is 17.2 Å². The first-order valence-corrected chi connectivity index (χ1v) is 10.6. The van der Waals surface area contributed by atoms with Gasteiger partial charge in [-0.2, -0.15) is 0 Å². The minimum atomic E-state index is -0.0689. The van der Waals surface area contributed by atoms with E-state index in [0.717, 1.165) is 46.5 Å². The topological polar surface area (TPSA) is 76.2 Å². The van der Waals surface area contributed by atoms with Gasteiger partial charge in [0.15, 0.2) is 11.5 Å². The highest BCUT2D eigenvalue weighted by Gasteiger charge is 2.23. The van der Waals surface area contributed by atoms with Crippen LogP contribution in [0, 0.1) is 5.92 Å². The number of ether oxygens (including phenoxy) is 2. The van der Waals surface area contributed by atoms with Crippen molar-refractivity contribution in [2.45, 2.75) is 45.7 Å². The van der Waals surface area contributed by atoms with E-state index >= 15 is 0 Å². The molecule has 7 heteroatoms. The number of nitrogens with zero attached hydrogens (tertiary/aromatic N) is 1. The molecule has 1 aliphatic carbocycles. The molecule has 28 heavy (non-hydrogen) atoms. The van der Waals surface area contributed by atoms with Crippen LogP contribution >= 0.6 is 11.3 Å². The Balaban J connectivity index is 1.37. The molecule has 2 N–H and O–H groups in total. The Morgan fingerprint density at radius 2 is 2.21 bits per heavy atom. The van der Waals surface area contributed by atoms with Crippen LogP contribution in [0.4, 0.5) is 0 Å². The number of thiophene rings is 1. The van der Waals surface area contributed by atoms with Gasteiger partial charge in [0.05, 0.1) is 11.4 Å². The molecular formula is C21H23N3O3S. The average Bonchev–Trinajstić information content (AvgIpc) is 3.29. The largest absolute Gasteiger partial charge is 0.454 e. The third kappa shape index (κ3) is 3.08. The molecule has 0 radical (unpaired) electrons. The first kappa shape index (κ1) is 17.7. The van der Waals surface area contributed by atoms with E-state index in [0.29, 0.717) is 18.3 Å². The van der Waals surface area contributed by atoms with Crippen LogP contribution < -0.4 is 20.3 Å². The fourth-order valence-corrected chi connectivity index (χ4v) is 5.38. The van der Waals surface area contributed by atoms with Crippen molar-refractivity contribution >= 4 is 21.6 Å². The molecular weight excluding hydrogens is 374 g/mol. The number of aromatic nitrogens is 2. The summed E-state index contributed by atoms with van der Waals surface area (Å²) < 4.78 is 10.8. The van der Waals surface area contributed by atoms with E-state index in [4.69, 9.17) is 14.5 Å². The molecule has 3 aromatic rings. The molecule has 2 atom stereocenters. The summed E-state index contributed by atoms with van der Waals surface area (Å²) in [4.78, 5) is 22.8. The van der Waals surface area contributed by atoms with Crippen molar-refractivity contribution in [2.75, 3.05) is 6.79 Å². The number of fused-ring (bicyclic) bond motifs is 4. The summed E-state index contributed by atoms with van der Waals surface area (Å²) in [5.74, 6) is 2.92. The van der Waals surface area contributed by atoms with Crippen LogP contribution in [-0.2, 0) is 19.4 Å². The number of hydrogen-bond donors (Lipinski definition) is 2. The van der Waals surface area contributed by atoms with Crippen LogP contribution in [0.25, 0.3) is 10.2 Å². The van der Waals surface area contributed by atoms with Gasteiger partial charge in [-0.05, 0) is 55.4 Å². The van der Waals surface area contributed by atoms with Gasteiger partial charge in [-0.3, -0.25) is 4.79 Å². The molecule has 5 rings (SSSR count). The summed E-state index contributed by atoms with van der Waals surface area (Å²) in [5, 5.41) is 4.25. The molecule has 0 amide bonds. The predicted molar refractivity (Wildman–Crippen MR) is 109 cm³/mol. The van der Waals surface area contributed by atoms with Crippen LogP contribution in [-0.4, -0.2) is 16.8 Å². The number of hydrogen-bond acceptors (Lipinski definition) is 6. The van der Waals surface area contributed by atoms with Gasteiger partial charge in [-0.25, -0.2) is 4.98 Å². The molecule has 0 bridgehead atoms. The third-order valence-electron chi connectivity index (χ3n) is 5.64. The fraction of sp³-hybridized carbons (Fsp3) is 0.429. The van der Waals surface area contributed by atoms with Crippen molar-refractivity contribution in [1.29, 1.82) is 0 Å². The van der Waals surface area contributed by atoms with Gasteiger partial charge < -0.3 is 19.8 Å². The predicted octanol–water partition coefficient (Wildman–Crippen LogP) is 3.69. The van der Waals surface area contributed by atoms with E-state index in [-0.39, 0.29) is 18.4 Å². The van der Waals surface area contributed by atoms with Crippen LogP contribution in [0.5, 0.6) is 11.5 Å². The number of nitrogens with one attached hydrogen (secondary N) is 2. The Morgan fingerprint density at radius 3 is 3.11 bits per heavy atom. The lowest BCUT2D eigenvalue weighted by atomic mass is 9.89. The zero-order chi connectivity index (χ0) is 19.3. The maximum atomic E-state index is 12.8. The van der Waals surface area contributed by atoms with Crippen molar-refractivity contribution < 1.29 is 9.47 Å². The van der Waals surface area contributed by atoms with Crippen LogP contribution in [0.15, 0.2) is 23.0 Å². The highest BCUT2D eigenvalue weighted by molar-refractivity contribution is 7.18. The number of rotatable bonds is 4. The zero-order valence-electron chi connectivity index (χ0n) is 16.0. The van der Waals surface area contributed by atoms with E-state index in [9.17, 15) is 4.79 Å². The van der Waals surface area contributed by atoms with Gasteiger partial charge in [-0.15, -0.1) is 11.3 Å². The van der Waals surface area contributed by atoms with Crippen LogP contribution in [0.3, 0.4) is 0 Å². The first-order valence-electron chi connectivity index (χ1n) is 9.75. The molecule has 0 unspecified atom stereocenters. The van der Waals surface area contributed by atoms with E-state index in [1.807, 2.05) is 25.1 Å². The lowest BCUT2D eigenvalue weighted by Crippen LogP contribution is -2.23. The highest BCUT2D eigenvalue weighted by Crippen LogP contribution is 2.36. The van der Waals surface area contributed by atoms with Crippen molar-refractivity contribution in [1.82, 2.24) is 15.3 Å². The quantitative estimate of drug-likeness (QED) is 0.702. The first-order chi connectivity index (χ1) is 13.6. The Bertz CT molecular complexity index is 1100. The molecule has 0 fully saturated rings. The minimum absolute atomic E-state index is 0.0104. The van der Waals surface area contributed by atoms with Gasteiger partial charge in [-0.1, -0.05) is 13.0 Å². The second-order valence-corrected chi connectivity index (χ2v) is 8.86. The van der Waals surface area contributed by atoms with Gasteiger partial charge in [0, 0.05) is 11.4 Å². The summed E-state index contributed by atoms with van der Waals surface area (Å²) in [6, 6.07) is 5.85. The second kappa shape index (κ2) is 6.90. The molecule has 2 aromatic heterocycles. The monoisotopic (exact) mass is 397 g/mol. The number of aromatic amines is 1. The highest BCUT2D eigenvalue weighted by atomic mass is 32.1. The Morgan fingerprint density at radius 1 is 1.36 bits per heavy atom. The van der Waals surface area contributed by atoms with Crippen molar-refractivity contribution in [2.24, 2.45) is 5.92 Å². The lowest BCUT2D eigenvalue weighted by molar-refractivity contribution is 0.174. The lowest BCUT2D eigenvalue weighted by Gasteiger charge is -2.17. The van der Waals surface area contributed by atoms with E-state index < -0.39 is 0 Å². The molecule has 6 nitrogen and oxygen atoms in total. The van der Waals surface area contributed by atoms with E-state index in [1.165, 1.54) is 10.4 Å². The van der Waals surface area contributed by atoms with Crippen molar-refractivity contribution in [3.05, 3.63) is 50.4 Å². The Labute approximate surface area is 166 Å². The van der Waals surface area contributed by atoms with Crippen LogP contribution in [0.1, 0.15) is 48.1 Å². The summed E-state index contributed by atoms with van der Waals surface area (Å²) in [6.45, 7) is 5.22. The minimum Gasteiger partial charge on any atom is -0.454 e. The van der Waals surface area contributed by atoms with Gasteiger partial charge >= 0.3 is 0 Å². The molecule has 146 valence electrons. The smallest absolute Gasteiger partial charge is 0.259 e. The van der Waals surface area contributed by atoms with Gasteiger partial charge in [0.1, 0.15) is 10.7 Å². The Hall–Kier alpha value is -2.38. The maximum Gasteiger partial charge on any atom is 0.259 e. The van der Waals surface area contributed by atoms with Crippen molar-refractivity contribution in [3.8, 4) is 11.5 Å². The zero-order valence-corrected chi connectivity index (χ0v) is 16.8. The van der Waals surface area contributed by atoms with Gasteiger partial charge in [0.25, 0.3) is 5.56 Å². The summed E-state index contributed by atoms with van der Waals surface area (Å²) >= 11 is 1.69. The van der Waals surface area contributed by atoms with Crippen molar-refractivity contribution in [3.63, 3.8) is 0 Å². The standard InChI is InChI=1S/C21H23N3O3S/c1-11-3-5-14-17(7-11)28-21-18(14)20(25)23-19(24-21)12(2)22-9-13-4-6-15-16(8-13)27-10-26-15/h4,6,8,11-12,22H,3,5,7,9-10H2,1-2H3,(H,23,24,25)/t11-,12+/m1/s1. The summed E-state index contributed by atoms with van der Waals surface area (Å²) in [5.41, 5.74) is 2.31. The normalized spacial score (nSPS) is 19.0. The fourth-order valence-electron chi connectivity index (χ4n) is 3.99. The Kier molecular flexibility index (Phi) is 4.36. The van der Waals surface area contributed by atoms with E-state index in [1.54, 1.807) is 11.3 Å². The van der Waals surface area contributed by atoms with Gasteiger partial charge in [0.2, 0.25) is 6.79 Å². The summed E-state index contributed by atoms with van der Waals surface area (Å²) in [6.07, 6.45) is 3.19. The molecule has 3 heterocycles. The molecule has 1 aromatic carbocycles. The number of aryl methyl sites for hydroxylation is 1. The molecule has 0 saturated heterocycles. The number of H-pyrrole nitrogens is 1. The second-order valence-electron chi connectivity index (χ2n) is 7.77. The summed E-state index contributed by atoms with van der Waals surface area (Å²) in [7, 11) is 0. The molecule has 0 saturated carbocycles. The van der Waals surface area contributed by atoms with Crippen LogP contribution in [0.2, 0.25) is 0 Å². The molecule has 2 aliphatic rings.